The smallest absolute Gasteiger partial charge is 0.199 e. The fraction of sp³-hybridized carbons (Fsp3) is 0.0625. The molecule has 3 nitrogen and oxygen atoms in total. The first kappa shape index (κ1) is 14.0. The number of halogens is 1. The number of fused-ring (bicyclic) bond motifs is 1. The van der Waals surface area contributed by atoms with Crippen molar-refractivity contribution in [3.8, 4) is 0 Å². The van der Waals surface area contributed by atoms with Crippen LogP contribution >= 0.6 is 11.6 Å². The molecule has 0 saturated carbocycles. The number of pyridine rings is 1. The van der Waals surface area contributed by atoms with E-state index < -0.39 is 9.84 Å². The first-order valence-electron chi connectivity index (χ1n) is 6.38. The average molecular weight is 318 g/mol. The van der Waals surface area contributed by atoms with Crippen LogP contribution in [0.15, 0.2) is 65.7 Å². The van der Waals surface area contributed by atoms with E-state index in [1.54, 1.807) is 36.4 Å². The first-order chi connectivity index (χ1) is 10.1. The summed E-state index contributed by atoms with van der Waals surface area (Å²) in [4.78, 5) is 4.24. The molecule has 2 aromatic carbocycles. The Bertz CT molecular complexity index is 907. The maximum atomic E-state index is 12.5. The summed E-state index contributed by atoms with van der Waals surface area (Å²) in [5.41, 5.74) is 1.24. The summed E-state index contributed by atoms with van der Waals surface area (Å²) in [6.07, 6.45) is 0. The molecule has 0 atom stereocenters. The molecule has 1 heterocycles. The topological polar surface area (TPSA) is 47.0 Å². The second kappa shape index (κ2) is 5.47. The molecule has 0 aliphatic carbocycles. The van der Waals surface area contributed by atoms with E-state index in [4.69, 9.17) is 11.6 Å². The first-order valence-corrected chi connectivity index (χ1v) is 8.41. The molecule has 0 bridgehead atoms. The third-order valence-electron chi connectivity index (χ3n) is 3.19. The van der Waals surface area contributed by atoms with Crippen LogP contribution in [0.5, 0.6) is 0 Å². The van der Waals surface area contributed by atoms with E-state index in [1.165, 1.54) is 6.07 Å². The van der Waals surface area contributed by atoms with Gasteiger partial charge in [0.05, 0.1) is 11.3 Å². The van der Waals surface area contributed by atoms with Crippen molar-refractivity contribution in [1.82, 2.24) is 4.98 Å². The van der Waals surface area contributed by atoms with Crippen LogP contribution in [-0.4, -0.2) is 13.4 Å². The highest BCUT2D eigenvalue weighted by atomic mass is 35.5. The van der Waals surface area contributed by atoms with E-state index in [0.717, 1.165) is 5.39 Å². The summed E-state index contributed by atoms with van der Waals surface area (Å²) in [6.45, 7) is 0. The third kappa shape index (κ3) is 2.91. The molecule has 0 fully saturated rings. The Morgan fingerprint density at radius 1 is 0.905 bits per heavy atom. The summed E-state index contributed by atoms with van der Waals surface area (Å²) in [6, 6.07) is 17.6. The van der Waals surface area contributed by atoms with Crippen molar-refractivity contribution in [1.29, 1.82) is 0 Å². The van der Waals surface area contributed by atoms with Crippen molar-refractivity contribution >= 4 is 32.3 Å². The number of para-hydroxylation sites is 1. The second-order valence-corrected chi connectivity index (χ2v) is 7.04. The molecule has 0 N–H and O–H groups in total. The number of aromatic nitrogens is 1. The van der Waals surface area contributed by atoms with E-state index in [0.29, 0.717) is 16.1 Å². The molecule has 106 valence electrons. The fourth-order valence-electron chi connectivity index (χ4n) is 2.11. The zero-order valence-corrected chi connectivity index (χ0v) is 12.6. The standard InChI is InChI=1S/C16H12ClNO2S/c17-14-7-3-1-6-13(14)11-21(19,20)16-10-9-12-5-2-4-8-15(12)18-16/h1-10H,11H2. The number of hydrogen-bond donors (Lipinski definition) is 0. The lowest BCUT2D eigenvalue weighted by atomic mass is 10.2. The molecule has 0 unspecified atom stereocenters. The highest BCUT2D eigenvalue weighted by Gasteiger charge is 2.18. The van der Waals surface area contributed by atoms with Crippen LogP contribution in [0.3, 0.4) is 0 Å². The second-order valence-electron chi connectivity index (χ2n) is 4.69. The maximum Gasteiger partial charge on any atom is 0.199 e. The highest BCUT2D eigenvalue weighted by molar-refractivity contribution is 7.90. The quantitative estimate of drug-likeness (QED) is 0.737. The van der Waals surface area contributed by atoms with Crippen LogP contribution < -0.4 is 0 Å². The summed E-state index contributed by atoms with van der Waals surface area (Å²) in [5, 5.41) is 1.43. The minimum atomic E-state index is -3.52. The lowest BCUT2D eigenvalue weighted by Crippen LogP contribution is -2.07. The van der Waals surface area contributed by atoms with Gasteiger partial charge in [-0.15, -0.1) is 0 Å². The number of benzene rings is 2. The normalized spacial score (nSPS) is 11.7. The number of rotatable bonds is 3. The molecule has 0 saturated heterocycles. The number of sulfone groups is 1. The SMILES string of the molecule is O=S(=O)(Cc1ccccc1Cl)c1ccc2ccccc2n1. The van der Waals surface area contributed by atoms with Crippen molar-refractivity contribution < 1.29 is 8.42 Å². The minimum absolute atomic E-state index is 0.0705. The molecular formula is C16H12ClNO2S. The molecule has 1 aromatic heterocycles. The van der Waals surface area contributed by atoms with Gasteiger partial charge in [0, 0.05) is 10.4 Å². The van der Waals surface area contributed by atoms with Crippen molar-refractivity contribution in [3.05, 3.63) is 71.2 Å². The van der Waals surface area contributed by atoms with Crippen LogP contribution in [0.2, 0.25) is 5.02 Å². The van der Waals surface area contributed by atoms with Gasteiger partial charge in [-0.25, -0.2) is 13.4 Å². The Hall–Kier alpha value is -1.91. The maximum absolute atomic E-state index is 12.5. The summed E-state index contributed by atoms with van der Waals surface area (Å²) in [7, 11) is -3.52. The Labute approximate surface area is 128 Å². The van der Waals surface area contributed by atoms with E-state index >= 15 is 0 Å². The zero-order chi connectivity index (χ0) is 14.9. The number of nitrogens with zero attached hydrogens (tertiary/aromatic N) is 1. The third-order valence-corrected chi connectivity index (χ3v) is 5.12. The largest absolute Gasteiger partial charge is 0.236 e. The lowest BCUT2D eigenvalue weighted by Gasteiger charge is -2.06. The predicted molar refractivity (Wildman–Crippen MR) is 84.1 cm³/mol. The molecule has 0 radical (unpaired) electrons. The molecular weight excluding hydrogens is 306 g/mol. The summed E-state index contributed by atoms with van der Waals surface area (Å²) in [5.74, 6) is -0.155. The molecule has 5 heteroatoms. The Balaban J connectivity index is 2.02. The van der Waals surface area contributed by atoms with E-state index in [-0.39, 0.29) is 10.8 Å². The van der Waals surface area contributed by atoms with Crippen molar-refractivity contribution in [2.45, 2.75) is 10.8 Å². The van der Waals surface area contributed by atoms with Gasteiger partial charge in [-0.2, -0.15) is 0 Å². The Morgan fingerprint density at radius 2 is 1.62 bits per heavy atom. The van der Waals surface area contributed by atoms with Gasteiger partial charge in [-0.3, -0.25) is 0 Å². The predicted octanol–water partition coefficient (Wildman–Crippen LogP) is 3.86. The molecule has 21 heavy (non-hydrogen) atoms. The van der Waals surface area contributed by atoms with Crippen LogP contribution in [-0.2, 0) is 15.6 Å². The Morgan fingerprint density at radius 3 is 2.43 bits per heavy atom. The van der Waals surface area contributed by atoms with Crippen molar-refractivity contribution in [2.24, 2.45) is 0 Å². The van der Waals surface area contributed by atoms with Crippen LogP contribution in [0, 0.1) is 0 Å². The van der Waals surface area contributed by atoms with Gasteiger partial charge in [0.1, 0.15) is 0 Å². The summed E-state index contributed by atoms with van der Waals surface area (Å²) >= 11 is 6.03. The molecule has 0 spiro atoms. The molecule has 3 aromatic rings. The summed E-state index contributed by atoms with van der Waals surface area (Å²) < 4.78 is 25.0. The average Bonchev–Trinajstić information content (AvgIpc) is 2.49. The van der Waals surface area contributed by atoms with Gasteiger partial charge in [-0.1, -0.05) is 48.0 Å². The molecule has 0 aliphatic rings. The van der Waals surface area contributed by atoms with Gasteiger partial charge >= 0.3 is 0 Å². The molecule has 0 amide bonds. The molecule has 0 aliphatic heterocycles. The van der Waals surface area contributed by atoms with Crippen LogP contribution in [0.4, 0.5) is 0 Å². The monoisotopic (exact) mass is 317 g/mol. The minimum Gasteiger partial charge on any atom is -0.236 e. The van der Waals surface area contributed by atoms with E-state index in [9.17, 15) is 8.42 Å². The fourth-order valence-corrected chi connectivity index (χ4v) is 3.72. The van der Waals surface area contributed by atoms with Crippen LogP contribution in [0.25, 0.3) is 10.9 Å². The van der Waals surface area contributed by atoms with Crippen LogP contribution in [0.1, 0.15) is 5.56 Å². The van der Waals surface area contributed by atoms with Crippen molar-refractivity contribution in [3.63, 3.8) is 0 Å². The van der Waals surface area contributed by atoms with Gasteiger partial charge in [0.25, 0.3) is 0 Å². The zero-order valence-electron chi connectivity index (χ0n) is 11.0. The lowest BCUT2D eigenvalue weighted by molar-refractivity contribution is 0.592. The van der Waals surface area contributed by atoms with E-state index in [2.05, 4.69) is 4.98 Å². The van der Waals surface area contributed by atoms with Gasteiger partial charge in [-0.05, 0) is 29.8 Å². The van der Waals surface area contributed by atoms with Gasteiger partial charge in [0.2, 0.25) is 0 Å². The highest BCUT2D eigenvalue weighted by Crippen LogP contribution is 2.22. The number of hydrogen-bond acceptors (Lipinski definition) is 3. The Kier molecular flexibility index (Phi) is 3.66. The van der Waals surface area contributed by atoms with E-state index in [1.807, 2.05) is 18.2 Å². The van der Waals surface area contributed by atoms with Gasteiger partial charge in [0.15, 0.2) is 14.9 Å². The van der Waals surface area contributed by atoms with Gasteiger partial charge < -0.3 is 0 Å². The molecule has 3 rings (SSSR count). The van der Waals surface area contributed by atoms with Crippen molar-refractivity contribution in [2.75, 3.05) is 0 Å².